The van der Waals surface area contributed by atoms with Crippen LogP contribution < -0.4 is 11.1 Å². The van der Waals surface area contributed by atoms with E-state index in [0.717, 1.165) is 35.3 Å². The van der Waals surface area contributed by atoms with Gasteiger partial charge < -0.3 is 11.1 Å². The molecule has 1 aliphatic carbocycles. The van der Waals surface area contributed by atoms with Crippen LogP contribution in [0.25, 0.3) is 6.08 Å². The number of thiophene rings is 1. The summed E-state index contributed by atoms with van der Waals surface area (Å²) in [6, 6.07) is 9.27. The Morgan fingerprint density at radius 2 is 1.81 bits per heavy atom. The molecule has 10 heteroatoms. The van der Waals surface area contributed by atoms with Crippen molar-refractivity contribution in [1.82, 2.24) is 9.21 Å². The smallest absolute Gasteiger partial charge is 0.251 e. The molecule has 0 saturated carbocycles. The van der Waals surface area contributed by atoms with Crippen LogP contribution >= 0.6 is 11.3 Å². The maximum Gasteiger partial charge on any atom is 0.251 e. The highest BCUT2D eigenvalue weighted by molar-refractivity contribution is 7.92. The van der Waals surface area contributed by atoms with Gasteiger partial charge in [-0.3, -0.25) is 14.5 Å². The lowest BCUT2D eigenvalue weighted by molar-refractivity contribution is -0.117. The van der Waals surface area contributed by atoms with Crippen LogP contribution in [0.3, 0.4) is 0 Å². The molecule has 0 atom stereocenters. The highest BCUT2D eigenvalue weighted by atomic mass is 32.2. The number of anilines is 1. The lowest BCUT2D eigenvalue weighted by atomic mass is 10.1. The van der Waals surface area contributed by atoms with Crippen molar-refractivity contribution in [3.8, 4) is 0 Å². The van der Waals surface area contributed by atoms with E-state index in [0.29, 0.717) is 36.7 Å². The number of piperazine rings is 1. The molecule has 2 heterocycles. The summed E-state index contributed by atoms with van der Waals surface area (Å²) in [5.41, 5.74) is 7.78. The number of amides is 2. The Hall–Kier alpha value is -2.53. The van der Waals surface area contributed by atoms with Gasteiger partial charge in [-0.05, 0) is 36.5 Å². The van der Waals surface area contributed by atoms with Crippen LogP contribution in [-0.2, 0) is 27.7 Å². The molecule has 32 heavy (non-hydrogen) atoms. The second kappa shape index (κ2) is 9.53. The molecule has 2 aromatic rings. The first kappa shape index (κ1) is 22.7. The molecule has 4 rings (SSSR count). The van der Waals surface area contributed by atoms with Crippen molar-refractivity contribution in [2.75, 3.05) is 38.0 Å². The van der Waals surface area contributed by atoms with Crippen LogP contribution in [0.5, 0.6) is 0 Å². The Balaban J connectivity index is 1.31. The van der Waals surface area contributed by atoms with Crippen molar-refractivity contribution in [3.05, 3.63) is 57.3 Å². The van der Waals surface area contributed by atoms with E-state index < -0.39 is 15.9 Å². The topological polar surface area (TPSA) is 113 Å². The van der Waals surface area contributed by atoms with Gasteiger partial charge in [0.1, 0.15) is 5.00 Å². The number of primary amides is 1. The second-order valence-corrected chi connectivity index (χ2v) is 10.8. The third-order valence-corrected chi connectivity index (χ3v) is 8.48. The molecule has 0 radical (unpaired) electrons. The summed E-state index contributed by atoms with van der Waals surface area (Å²) in [5.74, 6) is -0.741. The van der Waals surface area contributed by atoms with Crippen molar-refractivity contribution in [2.24, 2.45) is 5.73 Å². The van der Waals surface area contributed by atoms with Gasteiger partial charge in [0.2, 0.25) is 15.9 Å². The Morgan fingerprint density at radius 3 is 2.50 bits per heavy atom. The number of fused-ring (bicyclic) bond motifs is 1. The van der Waals surface area contributed by atoms with Crippen LogP contribution in [-0.4, -0.2) is 62.2 Å². The second-order valence-electron chi connectivity index (χ2n) is 7.91. The molecular weight excluding hydrogens is 448 g/mol. The fraction of sp³-hybridized carbons (Fsp3) is 0.364. The number of carbonyl (C=O) groups excluding carboxylic acids is 2. The summed E-state index contributed by atoms with van der Waals surface area (Å²) < 4.78 is 26.6. The molecule has 1 aromatic heterocycles. The van der Waals surface area contributed by atoms with Gasteiger partial charge in [0.15, 0.2) is 0 Å². The Kier molecular flexibility index (Phi) is 6.75. The Labute approximate surface area is 191 Å². The fourth-order valence-electron chi connectivity index (χ4n) is 4.08. The monoisotopic (exact) mass is 474 g/mol. The average molecular weight is 475 g/mol. The third kappa shape index (κ3) is 5.09. The quantitative estimate of drug-likeness (QED) is 0.636. The number of hydrogen-bond donors (Lipinski definition) is 2. The zero-order valence-corrected chi connectivity index (χ0v) is 19.3. The van der Waals surface area contributed by atoms with Crippen LogP contribution in [0, 0.1) is 0 Å². The summed E-state index contributed by atoms with van der Waals surface area (Å²) in [5, 5.41) is 4.60. The van der Waals surface area contributed by atoms with E-state index in [1.165, 1.54) is 21.1 Å². The molecule has 0 spiro atoms. The Morgan fingerprint density at radius 1 is 1.09 bits per heavy atom. The predicted octanol–water partition coefficient (Wildman–Crippen LogP) is 1.89. The van der Waals surface area contributed by atoms with Crippen molar-refractivity contribution in [1.29, 1.82) is 0 Å². The largest absolute Gasteiger partial charge is 0.365 e. The minimum absolute atomic E-state index is 0.133. The normalized spacial score (nSPS) is 17.5. The number of carbonyl (C=O) groups is 2. The van der Waals surface area contributed by atoms with E-state index >= 15 is 0 Å². The standard InChI is InChI=1S/C22H26N4O4S2/c23-21(28)20-17-7-4-8-18(17)31-22(20)24-19(27)15-25-10-12-26(13-11-25)32(29,30)14-9-16-5-2-1-3-6-16/h1-3,5-6,9,14H,4,7-8,10-13,15H2,(H2,23,28)(H,24,27)/b14-9+. The van der Waals surface area contributed by atoms with Crippen LogP contribution in [0.2, 0.25) is 0 Å². The number of benzene rings is 1. The number of hydrogen-bond acceptors (Lipinski definition) is 6. The number of nitrogens with one attached hydrogen (secondary N) is 1. The molecule has 3 N–H and O–H groups in total. The average Bonchev–Trinajstić information content (AvgIpc) is 3.34. The highest BCUT2D eigenvalue weighted by Gasteiger charge is 2.28. The van der Waals surface area contributed by atoms with Crippen molar-refractivity contribution in [2.45, 2.75) is 19.3 Å². The van der Waals surface area contributed by atoms with E-state index in [9.17, 15) is 18.0 Å². The minimum atomic E-state index is -3.52. The van der Waals surface area contributed by atoms with Crippen molar-refractivity contribution < 1.29 is 18.0 Å². The third-order valence-electron chi connectivity index (χ3n) is 5.71. The molecule has 1 aliphatic heterocycles. The van der Waals surface area contributed by atoms with Crippen LogP contribution in [0.1, 0.15) is 32.8 Å². The molecule has 2 aliphatic rings. The Bertz CT molecular complexity index is 1130. The van der Waals surface area contributed by atoms with E-state index in [2.05, 4.69) is 5.32 Å². The molecule has 1 fully saturated rings. The van der Waals surface area contributed by atoms with Gasteiger partial charge in [-0.2, -0.15) is 4.31 Å². The molecule has 1 saturated heterocycles. The maximum atomic E-state index is 12.6. The van der Waals surface area contributed by atoms with E-state index in [1.54, 1.807) is 6.08 Å². The number of nitrogens with two attached hydrogens (primary N) is 1. The molecular formula is C22H26N4O4S2. The van der Waals surface area contributed by atoms with E-state index in [1.807, 2.05) is 35.2 Å². The number of rotatable bonds is 7. The first-order valence-electron chi connectivity index (χ1n) is 10.5. The first-order valence-corrected chi connectivity index (χ1v) is 12.9. The van der Waals surface area contributed by atoms with Gasteiger partial charge in [-0.25, -0.2) is 8.42 Å². The molecule has 0 unspecified atom stereocenters. The number of nitrogens with zero attached hydrogens (tertiary/aromatic N) is 2. The van der Waals surface area contributed by atoms with Gasteiger partial charge in [0.05, 0.1) is 12.1 Å². The molecule has 8 nitrogen and oxygen atoms in total. The summed E-state index contributed by atoms with van der Waals surface area (Å²) in [4.78, 5) is 27.5. The predicted molar refractivity (Wildman–Crippen MR) is 126 cm³/mol. The van der Waals surface area contributed by atoms with Crippen molar-refractivity contribution >= 4 is 44.3 Å². The van der Waals surface area contributed by atoms with Gasteiger partial charge >= 0.3 is 0 Å². The molecule has 1 aromatic carbocycles. The van der Waals surface area contributed by atoms with Gasteiger partial charge in [0.25, 0.3) is 5.91 Å². The van der Waals surface area contributed by atoms with Crippen LogP contribution in [0.15, 0.2) is 35.7 Å². The van der Waals surface area contributed by atoms with Gasteiger partial charge in [-0.1, -0.05) is 30.3 Å². The zero-order valence-electron chi connectivity index (χ0n) is 17.6. The summed E-state index contributed by atoms with van der Waals surface area (Å²) >= 11 is 1.43. The summed E-state index contributed by atoms with van der Waals surface area (Å²) in [6.07, 6.45) is 4.31. The SMILES string of the molecule is NC(=O)c1c(NC(=O)CN2CCN(S(=O)(=O)/C=C/c3ccccc3)CC2)sc2c1CCC2. The van der Waals surface area contributed by atoms with Crippen LogP contribution in [0.4, 0.5) is 5.00 Å². The zero-order chi connectivity index (χ0) is 22.7. The first-order chi connectivity index (χ1) is 15.3. The molecule has 170 valence electrons. The summed E-state index contributed by atoms with van der Waals surface area (Å²) in [6.45, 7) is 1.67. The number of sulfonamides is 1. The summed E-state index contributed by atoms with van der Waals surface area (Å²) in [7, 11) is -3.52. The van der Waals surface area contributed by atoms with E-state index in [4.69, 9.17) is 5.73 Å². The van der Waals surface area contributed by atoms with E-state index in [-0.39, 0.29) is 12.5 Å². The minimum Gasteiger partial charge on any atom is -0.365 e. The number of aryl methyl sites for hydroxylation is 1. The fourth-order valence-corrected chi connectivity index (χ4v) is 6.56. The lowest BCUT2D eigenvalue weighted by Crippen LogP contribution is -2.49. The highest BCUT2D eigenvalue weighted by Crippen LogP contribution is 2.38. The molecule has 0 bridgehead atoms. The van der Waals surface area contributed by atoms with Gasteiger partial charge in [-0.15, -0.1) is 11.3 Å². The molecule has 2 amide bonds. The maximum absolute atomic E-state index is 12.6. The van der Waals surface area contributed by atoms with Crippen molar-refractivity contribution in [3.63, 3.8) is 0 Å². The lowest BCUT2D eigenvalue weighted by Gasteiger charge is -2.32. The van der Waals surface area contributed by atoms with Gasteiger partial charge in [0, 0.05) is 36.5 Å².